The number of rotatable bonds is 5. The summed E-state index contributed by atoms with van der Waals surface area (Å²) in [6.07, 6.45) is 2.85. The molecule has 2 aromatic heterocycles. The number of hydrogen-bond acceptors (Lipinski definition) is 4. The van der Waals surface area contributed by atoms with Gasteiger partial charge in [-0.25, -0.2) is 0 Å². The number of anilines is 1. The summed E-state index contributed by atoms with van der Waals surface area (Å²) < 4.78 is 4.93. The maximum absolute atomic E-state index is 12.4. The van der Waals surface area contributed by atoms with Crippen LogP contribution in [0.3, 0.4) is 0 Å². The molecule has 6 heteroatoms. The van der Waals surface area contributed by atoms with Gasteiger partial charge in [-0.05, 0) is 29.1 Å². The molecule has 0 aliphatic heterocycles. The fourth-order valence-corrected chi connectivity index (χ4v) is 3.00. The van der Waals surface area contributed by atoms with Crippen LogP contribution in [0.15, 0.2) is 64.8 Å². The van der Waals surface area contributed by atoms with E-state index in [1.54, 1.807) is 24.1 Å². The van der Waals surface area contributed by atoms with Crippen LogP contribution in [-0.2, 0) is 6.54 Å². The summed E-state index contributed by atoms with van der Waals surface area (Å²) in [6, 6.07) is 12.7. The number of benzene rings is 1. The second-order valence-corrected chi connectivity index (χ2v) is 6.21. The average molecular weight is 340 g/mol. The highest BCUT2D eigenvalue weighted by Crippen LogP contribution is 2.20. The lowest BCUT2D eigenvalue weighted by Gasteiger charge is -2.19. The lowest BCUT2D eigenvalue weighted by atomic mass is 10.1. The molecule has 0 bridgehead atoms. The van der Waals surface area contributed by atoms with Crippen molar-refractivity contribution in [2.24, 2.45) is 0 Å². The van der Waals surface area contributed by atoms with E-state index >= 15 is 0 Å². The number of furan rings is 1. The molecule has 122 valence electrons. The molecular weight excluding hydrogens is 324 g/mol. The quantitative estimate of drug-likeness (QED) is 0.767. The standard InChI is InChI=1S/C18H16N2O3S/c1-20(18(22)16-7-4-10-24-16)11-13-5-2-3-6-15(13)19-17(21)14-8-9-23-12-14/h2-10,12H,11H2,1H3,(H,19,21). The van der Waals surface area contributed by atoms with Crippen molar-refractivity contribution in [3.05, 3.63) is 76.4 Å². The number of amides is 2. The van der Waals surface area contributed by atoms with Gasteiger partial charge in [0.2, 0.25) is 0 Å². The summed E-state index contributed by atoms with van der Waals surface area (Å²) in [5.74, 6) is -0.288. The van der Waals surface area contributed by atoms with Crippen molar-refractivity contribution < 1.29 is 14.0 Å². The number of carbonyl (C=O) groups is 2. The molecule has 0 unspecified atom stereocenters. The highest BCUT2D eigenvalue weighted by Gasteiger charge is 2.15. The van der Waals surface area contributed by atoms with Crippen LogP contribution in [0.25, 0.3) is 0 Å². The van der Waals surface area contributed by atoms with E-state index in [9.17, 15) is 9.59 Å². The van der Waals surface area contributed by atoms with Gasteiger partial charge in [-0.15, -0.1) is 11.3 Å². The number of thiophene rings is 1. The molecular formula is C18H16N2O3S. The highest BCUT2D eigenvalue weighted by atomic mass is 32.1. The summed E-state index contributed by atoms with van der Waals surface area (Å²) in [7, 11) is 1.75. The van der Waals surface area contributed by atoms with Gasteiger partial charge in [0.25, 0.3) is 11.8 Å². The average Bonchev–Trinajstić information content (AvgIpc) is 3.29. The first-order chi connectivity index (χ1) is 11.6. The summed E-state index contributed by atoms with van der Waals surface area (Å²) in [6.45, 7) is 0.401. The Morgan fingerprint density at radius 3 is 2.71 bits per heavy atom. The first-order valence-corrected chi connectivity index (χ1v) is 8.23. The van der Waals surface area contributed by atoms with E-state index < -0.39 is 0 Å². The van der Waals surface area contributed by atoms with Crippen LogP contribution >= 0.6 is 11.3 Å². The molecule has 0 radical (unpaired) electrons. The third-order valence-electron chi connectivity index (χ3n) is 3.54. The molecule has 0 aliphatic rings. The summed E-state index contributed by atoms with van der Waals surface area (Å²) >= 11 is 1.41. The first-order valence-electron chi connectivity index (χ1n) is 7.35. The van der Waals surface area contributed by atoms with Gasteiger partial charge in [0.15, 0.2) is 0 Å². The molecule has 1 N–H and O–H groups in total. The van der Waals surface area contributed by atoms with Crippen LogP contribution in [-0.4, -0.2) is 23.8 Å². The zero-order valence-electron chi connectivity index (χ0n) is 13.1. The van der Waals surface area contributed by atoms with E-state index in [4.69, 9.17) is 4.42 Å². The molecule has 0 atom stereocenters. The Morgan fingerprint density at radius 2 is 2.00 bits per heavy atom. The van der Waals surface area contributed by atoms with E-state index in [2.05, 4.69) is 5.32 Å². The van der Waals surface area contributed by atoms with Crippen LogP contribution in [0, 0.1) is 0 Å². The third kappa shape index (κ3) is 3.55. The maximum Gasteiger partial charge on any atom is 0.263 e. The van der Waals surface area contributed by atoms with Crippen LogP contribution < -0.4 is 5.32 Å². The van der Waals surface area contributed by atoms with Crippen molar-refractivity contribution in [3.8, 4) is 0 Å². The third-order valence-corrected chi connectivity index (χ3v) is 4.39. The van der Waals surface area contributed by atoms with E-state index in [0.717, 1.165) is 5.56 Å². The Balaban J connectivity index is 1.74. The van der Waals surface area contributed by atoms with Gasteiger partial charge < -0.3 is 14.6 Å². The second kappa shape index (κ2) is 7.14. The van der Waals surface area contributed by atoms with Crippen LogP contribution in [0.1, 0.15) is 25.6 Å². The Kier molecular flexibility index (Phi) is 4.77. The zero-order valence-corrected chi connectivity index (χ0v) is 13.9. The molecule has 24 heavy (non-hydrogen) atoms. The number of para-hydroxylation sites is 1. The van der Waals surface area contributed by atoms with Crippen LogP contribution in [0.5, 0.6) is 0 Å². The van der Waals surface area contributed by atoms with Gasteiger partial charge in [-0.2, -0.15) is 0 Å². The summed E-state index contributed by atoms with van der Waals surface area (Å²) in [4.78, 5) is 26.9. The van der Waals surface area contributed by atoms with Crippen LogP contribution in [0.2, 0.25) is 0 Å². The number of hydrogen-bond donors (Lipinski definition) is 1. The first kappa shape index (κ1) is 16.0. The molecule has 2 amide bonds. The monoisotopic (exact) mass is 340 g/mol. The van der Waals surface area contributed by atoms with Crippen molar-refractivity contribution in [1.29, 1.82) is 0 Å². The molecule has 2 heterocycles. The van der Waals surface area contributed by atoms with Gasteiger partial charge >= 0.3 is 0 Å². The van der Waals surface area contributed by atoms with Gasteiger partial charge in [-0.3, -0.25) is 9.59 Å². The largest absolute Gasteiger partial charge is 0.472 e. The number of nitrogens with zero attached hydrogens (tertiary/aromatic N) is 1. The molecule has 3 aromatic rings. The number of carbonyl (C=O) groups excluding carboxylic acids is 2. The normalized spacial score (nSPS) is 10.4. The SMILES string of the molecule is CN(Cc1ccccc1NC(=O)c1ccoc1)C(=O)c1cccs1. The fraction of sp³-hybridized carbons (Fsp3) is 0.111. The van der Waals surface area contributed by atoms with E-state index in [1.165, 1.54) is 23.9 Å². The molecule has 1 aromatic carbocycles. The van der Waals surface area contributed by atoms with Gasteiger partial charge in [-0.1, -0.05) is 24.3 Å². The Labute approximate surface area is 143 Å². The van der Waals surface area contributed by atoms with E-state index in [1.807, 2.05) is 35.7 Å². The Bertz CT molecular complexity index is 826. The predicted molar refractivity (Wildman–Crippen MR) is 93.2 cm³/mol. The smallest absolute Gasteiger partial charge is 0.263 e. The van der Waals surface area contributed by atoms with Gasteiger partial charge in [0.1, 0.15) is 6.26 Å². The van der Waals surface area contributed by atoms with Crippen molar-refractivity contribution >= 4 is 28.8 Å². The Hall–Kier alpha value is -2.86. The van der Waals surface area contributed by atoms with E-state index in [0.29, 0.717) is 22.7 Å². The molecule has 0 saturated carbocycles. The van der Waals surface area contributed by atoms with Gasteiger partial charge in [0, 0.05) is 19.3 Å². The topological polar surface area (TPSA) is 62.6 Å². The van der Waals surface area contributed by atoms with Crippen molar-refractivity contribution in [2.75, 3.05) is 12.4 Å². The molecule has 3 rings (SSSR count). The molecule has 0 aliphatic carbocycles. The molecule has 0 saturated heterocycles. The summed E-state index contributed by atoms with van der Waals surface area (Å²) in [5, 5.41) is 4.73. The number of nitrogens with one attached hydrogen (secondary N) is 1. The molecule has 5 nitrogen and oxygen atoms in total. The maximum atomic E-state index is 12.4. The van der Waals surface area contributed by atoms with Crippen molar-refractivity contribution in [3.63, 3.8) is 0 Å². The lowest BCUT2D eigenvalue weighted by molar-refractivity contribution is 0.0790. The van der Waals surface area contributed by atoms with Gasteiger partial charge in [0.05, 0.1) is 16.7 Å². The fourth-order valence-electron chi connectivity index (χ4n) is 2.28. The van der Waals surface area contributed by atoms with Crippen molar-refractivity contribution in [2.45, 2.75) is 6.54 Å². The zero-order chi connectivity index (χ0) is 16.9. The minimum Gasteiger partial charge on any atom is -0.472 e. The van der Waals surface area contributed by atoms with E-state index in [-0.39, 0.29) is 11.8 Å². The lowest BCUT2D eigenvalue weighted by Crippen LogP contribution is -2.26. The Morgan fingerprint density at radius 1 is 1.17 bits per heavy atom. The highest BCUT2D eigenvalue weighted by molar-refractivity contribution is 7.12. The minimum atomic E-state index is -0.247. The predicted octanol–water partition coefficient (Wildman–Crippen LogP) is 3.87. The second-order valence-electron chi connectivity index (χ2n) is 5.26. The molecule has 0 fully saturated rings. The molecule has 0 spiro atoms. The minimum absolute atomic E-state index is 0.0408. The summed E-state index contributed by atoms with van der Waals surface area (Å²) in [5.41, 5.74) is 1.99. The van der Waals surface area contributed by atoms with Crippen LogP contribution in [0.4, 0.5) is 5.69 Å². The van der Waals surface area contributed by atoms with Crippen molar-refractivity contribution in [1.82, 2.24) is 4.90 Å².